The molecule has 0 spiro atoms. The summed E-state index contributed by atoms with van der Waals surface area (Å²) in [7, 11) is 0. The lowest BCUT2D eigenvalue weighted by molar-refractivity contribution is -0.145. The van der Waals surface area contributed by atoms with Crippen molar-refractivity contribution in [3.8, 4) is 0 Å². The van der Waals surface area contributed by atoms with Gasteiger partial charge in [-0.3, -0.25) is 4.79 Å². The zero-order chi connectivity index (χ0) is 16.5. The first-order valence-corrected chi connectivity index (χ1v) is 7.72. The van der Waals surface area contributed by atoms with Crippen LogP contribution in [-0.4, -0.2) is 40.8 Å². The number of allylic oxidation sites excluding steroid dienone is 1. The van der Waals surface area contributed by atoms with Crippen LogP contribution in [0, 0.1) is 5.41 Å². The Labute approximate surface area is 131 Å². The van der Waals surface area contributed by atoms with Crippen molar-refractivity contribution in [2.45, 2.75) is 52.6 Å². The molecule has 1 aliphatic carbocycles. The number of aliphatic carboxylic acids is 1. The fraction of sp³-hybridized carbons (Fsp3) is 0.647. The van der Waals surface area contributed by atoms with E-state index in [4.69, 9.17) is 4.74 Å². The van der Waals surface area contributed by atoms with Crippen molar-refractivity contribution < 1.29 is 19.4 Å². The summed E-state index contributed by atoms with van der Waals surface area (Å²) in [6.07, 6.45) is 5.39. The Bertz CT molecular complexity index is 541. The van der Waals surface area contributed by atoms with Gasteiger partial charge in [-0.1, -0.05) is 17.7 Å². The molecule has 0 saturated heterocycles. The Morgan fingerprint density at radius 3 is 2.50 bits per heavy atom. The quantitative estimate of drug-likeness (QED) is 0.806. The molecule has 0 fully saturated rings. The molecule has 2 rings (SSSR count). The normalized spacial score (nSPS) is 25.5. The third-order valence-electron chi connectivity index (χ3n) is 4.16. The van der Waals surface area contributed by atoms with Gasteiger partial charge in [-0.15, -0.1) is 0 Å². The van der Waals surface area contributed by atoms with Crippen LogP contribution in [0.1, 0.15) is 47.0 Å². The summed E-state index contributed by atoms with van der Waals surface area (Å²) in [5, 5.41) is 9.37. The average molecular weight is 307 g/mol. The van der Waals surface area contributed by atoms with E-state index in [1.54, 1.807) is 17.9 Å². The van der Waals surface area contributed by atoms with E-state index in [1.165, 1.54) is 5.57 Å². The van der Waals surface area contributed by atoms with Gasteiger partial charge in [0.15, 0.2) is 0 Å². The lowest BCUT2D eigenvalue weighted by Gasteiger charge is -2.27. The Morgan fingerprint density at radius 1 is 1.27 bits per heavy atom. The molecule has 1 aliphatic heterocycles. The van der Waals surface area contributed by atoms with Crippen LogP contribution in [0.15, 0.2) is 23.3 Å². The molecule has 1 atom stereocenters. The number of carboxylic acids is 1. The van der Waals surface area contributed by atoms with E-state index in [0.717, 1.165) is 12.0 Å². The summed E-state index contributed by atoms with van der Waals surface area (Å²) >= 11 is 0. The molecule has 0 aromatic heterocycles. The fourth-order valence-electron chi connectivity index (χ4n) is 2.82. The monoisotopic (exact) mass is 307 g/mol. The molecule has 0 aromatic rings. The van der Waals surface area contributed by atoms with Gasteiger partial charge in [-0.2, -0.15) is 0 Å². The molecule has 1 N–H and O–H groups in total. The summed E-state index contributed by atoms with van der Waals surface area (Å²) in [4.78, 5) is 25.3. The van der Waals surface area contributed by atoms with Crippen molar-refractivity contribution in [1.82, 2.24) is 4.90 Å². The van der Waals surface area contributed by atoms with Gasteiger partial charge >= 0.3 is 12.1 Å². The van der Waals surface area contributed by atoms with Crippen molar-refractivity contribution in [1.29, 1.82) is 0 Å². The molecule has 1 amide bonds. The van der Waals surface area contributed by atoms with Gasteiger partial charge in [0.25, 0.3) is 0 Å². The minimum Gasteiger partial charge on any atom is -0.481 e. The van der Waals surface area contributed by atoms with Crippen LogP contribution in [-0.2, 0) is 9.53 Å². The first-order valence-electron chi connectivity index (χ1n) is 7.72. The van der Waals surface area contributed by atoms with E-state index in [-0.39, 0.29) is 6.09 Å². The summed E-state index contributed by atoms with van der Waals surface area (Å²) in [6, 6.07) is 0. The van der Waals surface area contributed by atoms with E-state index < -0.39 is 17.0 Å². The number of nitrogens with zero attached hydrogens (tertiary/aromatic N) is 1. The second kappa shape index (κ2) is 5.78. The van der Waals surface area contributed by atoms with Crippen molar-refractivity contribution in [2.75, 3.05) is 13.1 Å². The molecule has 5 heteroatoms. The number of hydrogen-bond acceptors (Lipinski definition) is 3. The highest BCUT2D eigenvalue weighted by Crippen LogP contribution is 2.38. The molecule has 5 nitrogen and oxygen atoms in total. The summed E-state index contributed by atoms with van der Waals surface area (Å²) in [5.41, 5.74) is 0.987. The zero-order valence-electron chi connectivity index (χ0n) is 13.8. The minimum absolute atomic E-state index is 0.294. The predicted octanol–water partition coefficient (Wildman–Crippen LogP) is 3.36. The van der Waals surface area contributed by atoms with E-state index in [0.29, 0.717) is 25.9 Å². The highest BCUT2D eigenvalue weighted by atomic mass is 16.6. The van der Waals surface area contributed by atoms with Crippen LogP contribution < -0.4 is 0 Å². The maximum atomic E-state index is 12.2. The molecule has 0 aromatic carbocycles. The second-order valence-corrected chi connectivity index (χ2v) is 7.33. The minimum atomic E-state index is -0.833. The van der Waals surface area contributed by atoms with Crippen LogP contribution in [0.25, 0.3) is 0 Å². The van der Waals surface area contributed by atoms with Crippen molar-refractivity contribution >= 4 is 12.1 Å². The molecule has 0 bridgehead atoms. The van der Waals surface area contributed by atoms with Crippen molar-refractivity contribution in [3.05, 3.63) is 23.3 Å². The highest BCUT2D eigenvalue weighted by Gasteiger charge is 2.35. The standard InChI is InChI=1S/C17H25NO4/c1-16(2,3)22-15(21)18-9-6-12-5-8-17(4,14(19)20)11-13(12)7-10-18/h5,8H,6-7,9-11H2,1-4H3,(H,19,20). The molecule has 2 aliphatic rings. The van der Waals surface area contributed by atoms with Gasteiger partial charge in [0.2, 0.25) is 0 Å². The SMILES string of the molecule is CC(C)(C)OC(=O)N1CCC2=C(CC1)CC(C)(C(=O)O)C=C2. The molecular formula is C17H25NO4. The maximum absolute atomic E-state index is 12.2. The van der Waals surface area contributed by atoms with Gasteiger partial charge in [-0.05, 0) is 52.5 Å². The first kappa shape index (κ1) is 16.6. The van der Waals surface area contributed by atoms with Crippen LogP contribution in [0.3, 0.4) is 0 Å². The summed E-state index contributed by atoms with van der Waals surface area (Å²) in [5.74, 6) is -0.802. The Balaban J connectivity index is 2.04. The lowest BCUT2D eigenvalue weighted by atomic mass is 9.76. The number of amides is 1. The topological polar surface area (TPSA) is 66.8 Å². The van der Waals surface area contributed by atoms with E-state index in [1.807, 2.05) is 26.8 Å². The van der Waals surface area contributed by atoms with Crippen LogP contribution >= 0.6 is 0 Å². The number of carbonyl (C=O) groups excluding carboxylic acids is 1. The number of rotatable bonds is 1. The third-order valence-corrected chi connectivity index (χ3v) is 4.16. The zero-order valence-corrected chi connectivity index (χ0v) is 13.8. The smallest absolute Gasteiger partial charge is 0.410 e. The first-order chi connectivity index (χ1) is 10.1. The van der Waals surface area contributed by atoms with Gasteiger partial charge in [0, 0.05) is 13.1 Å². The molecule has 22 heavy (non-hydrogen) atoms. The van der Waals surface area contributed by atoms with Gasteiger partial charge in [-0.25, -0.2) is 4.79 Å². The van der Waals surface area contributed by atoms with E-state index >= 15 is 0 Å². The second-order valence-electron chi connectivity index (χ2n) is 7.33. The molecule has 122 valence electrons. The maximum Gasteiger partial charge on any atom is 0.410 e. The predicted molar refractivity (Wildman–Crippen MR) is 83.6 cm³/mol. The number of ether oxygens (including phenoxy) is 1. The Morgan fingerprint density at radius 2 is 1.91 bits per heavy atom. The Hall–Kier alpha value is -1.78. The average Bonchev–Trinajstić information content (AvgIpc) is 2.58. The highest BCUT2D eigenvalue weighted by molar-refractivity contribution is 5.78. The van der Waals surface area contributed by atoms with Crippen LogP contribution in [0.4, 0.5) is 4.79 Å². The van der Waals surface area contributed by atoms with Crippen molar-refractivity contribution in [2.24, 2.45) is 5.41 Å². The Kier molecular flexibility index (Phi) is 4.36. The number of hydrogen-bond donors (Lipinski definition) is 1. The van der Waals surface area contributed by atoms with Gasteiger partial charge in [0.05, 0.1) is 5.41 Å². The largest absolute Gasteiger partial charge is 0.481 e. The summed E-state index contributed by atoms with van der Waals surface area (Å²) in [6.45, 7) is 8.50. The van der Waals surface area contributed by atoms with Crippen LogP contribution in [0.2, 0.25) is 0 Å². The van der Waals surface area contributed by atoms with Gasteiger partial charge < -0.3 is 14.7 Å². The number of carboxylic acid groups (broad SMARTS) is 1. The van der Waals surface area contributed by atoms with Crippen LogP contribution in [0.5, 0.6) is 0 Å². The molecular weight excluding hydrogens is 282 g/mol. The molecule has 0 radical (unpaired) electrons. The lowest BCUT2D eigenvalue weighted by Crippen LogP contribution is -2.37. The fourth-order valence-corrected chi connectivity index (χ4v) is 2.82. The van der Waals surface area contributed by atoms with E-state index in [9.17, 15) is 14.7 Å². The molecule has 1 heterocycles. The van der Waals surface area contributed by atoms with Gasteiger partial charge in [0.1, 0.15) is 5.60 Å². The molecule has 1 unspecified atom stereocenters. The number of carbonyl (C=O) groups is 2. The molecule has 0 saturated carbocycles. The third kappa shape index (κ3) is 3.70. The van der Waals surface area contributed by atoms with E-state index in [2.05, 4.69) is 0 Å². The van der Waals surface area contributed by atoms with Crippen molar-refractivity contribution in [3.63, 3.8) is 0 Å². The summed E-state index contributed by atoms with van der Waals surface area (Å²) < 4.78 is 5.42.